The third-order valence-electron chi connectivity index (χ3n) is 4.32. The maximum atomic E-state index is 12.2. The maximum Gasteiger partial charge on any atom is 0.224 e. The standard InChI is InChI=1S/C18H26N2O4/c1-14(21)20(11-8-18(22)19-9-4-5-10-19)13-15-6-7-16(23-2)17(12-15)24-3/h6-7,12H,4-5,8-11,13H2,1-3H3. The summed E-state index contributed by atoms with van der Waals surface area (Å²) in [5, 5.41) is 0. The molecule has 1 fully saturated rings. The lowest BCUT2D eigenvalue weighted by Gasteiger charge is -2.23. The van der Waals surface area contributed by atoms with Gasteiger partial charge in [-0.1, -0.05) is 6.07 Å². The van der Waals surface area contributed by atoms with Crippen molar-refractivity contribution in [3.63, 3.8) is 0 Å². The highest BCUT2D eigenvalue weighted by Crippen LogP contribution is 2.28. The van der Waals surface area contributed by atoms with Gasteiger partial charge in [0.25, 0.3) is 0 Å². The number of carbonyl (C=O) groups excluding carboxylic acids is 2. The number of hydrogen-bond donors (Lipinski definition) is 0. The first-order valence-electron chi connectivity index (χ1n) is 8.29. The van der Waals surface area contributed by atoms with Crippen molar-refractivity contribution in [2.45, 2.75) is 32.7 Å². The first-order valence-corrected chi connectivity index (χ1v) is 8.29. The van der Waals surface area contributed by atoms with Gasteiger partial charge in [-0.15, -0.1) is 0 Å². The van der Waals surface area contributed by atoms with Crippen LogP contribution >= 0.6 is 0 Å². The molecule has 0 bridgehead atoms. The summed E-state index contributed by atoms with van der Waals surface area (Å²) >= 11 is 0. The van der Waals surface area contributed by atoms with Gasteiger partial charge in [-0.25, -0.2) is 0 Å². The first kappa shape index (κ1) is 18.1. The van der Waals surface area contributed by atoms with Gasteiger partial charge in [0.05, 0.1) is 14.2 Å². The summed E-state index contributed by atoms with van der Waals surface area (Å²) in [6.45, 7) is 4.09. The van der Waals surface area contributed by atoms with Crippen molar-refractivity contribution in [2.75, 3.05) is 33.9 Å². The molecule has 0 aliphatic carbocycles. The molecule has 132 valence electrons. The predicted octanol–water partition coefficient (Wildman–Crippen LogP) is 2.06. The maximum absolute atomic E-state index is 12.2. The lowest BCUT2D eigenvalue weighted by molar-refractivity contribution is -0.133. The Morgan fingerprint density at radius 3 is 2.38 bits per heavy atom. The van der Waals surface area contributed by atoms with E-state index in [2.05, 4.69) is 0 Å². The van der Waals surface area contributed by atoms with Crippen molar-refractivity contribution < 1.29 is 19.1 Å². The number of likely N-dealkylation sites (tertiary alicyclic amines) is 1. The van der Waals surface area contributed by atoms with Gasteiger partial charge in [0.1, 0.15) is 0 Å². The van der Waals surface area contributed by atoms with Crippen LogP contribution in [0.25, 0.3) is 0 Å². The Kier molecular flexibility index (Phi) is 6.46. The summed E-state index contributed by atoms with van der Waals surface area (Å²) < 4.78 is 10.5. The SMILES string of the molecule is COc1ccc(CN(CCC(=O)N2CCCC2)C(C)=O)cc1OC. The van der Waals surface area contributed by atoms with Crippen LogP contribution in [0.15, 0.2) is 18.2 Å². The molecule has 0 unspecified atom stereocenters. The van der Waals surface area contributed by atoms with E-state index in [9.17, 15) is 9.59 Å². The number of rotatable bonds is 7. The largest absolute Gasteiger partial charge is 0.493 e. The van der Waals surface area contributed by atoms with Gasteiger partial charge in [0, 0.05) is 39.5 Å². The van der Waals surface area contributed by atoms with Crippen LogP contribution in [-0.2, 0) is 16.1 Å². The molecule has 1 aliphatic heterocycles. The monoisotopic (exact) mass is 334 g/mol. The smallest absolute Gasteiger partial charge is 0.224 e. The Hall–Kier alpha value is -2.24. The van der Waals surface area contributed by atoms with Gasteiger partial charge >= 0.3 is 0 Å². The minimum absolute atomic E-state index is 0.0426. The Labute approximate surface area is 143 Å². The molecule has 1 aromatic rings. The number of nitrogens with zero attached hydrogens (tertiary/aromatic N) is 2. The van der Waals surface area contributed by atoms with Crippen molar-refractivity contribution in [3.8, 4) is 11.5 Å². The summed E-state index contributed by atoms with van der Waals surface area (Å²) in [5.41, 5.74) is 0.941. The Bertz CT molecular complexity index is 582. The van der Waals surface area contributed by atoms with E-state index in [0.29, 0.717) is 31.0 Å². The third kappa shape index (κ3) is 4.63. The van der Waals surface area contributed by atoms with Crippen molar-refractivity contribution in [3.05, 3.63) is 23.8 Å². The molecule has 24 heavy (non-hydrogen) atoms. The van der Waals surface area contributed by atoms with E-state index in [1.54, 1.807) is 19.1 Å². The van der Waals surface area contributed by atoms with Gasteiger partial charge in [-0.05, 0) is 30.5 Å². The van der Waals surface area contributed by atoms with Gasteiger partial charge < -0.3 is 19.3 Å². The summed E-state index contributed by atoms with van der Waals surface area (Å²) in [5.74, 6) is 1.37. The molecule has 0 N–H and O–H groups in total. The molecule has 0 saturated carbocycles. The van der Waals surface area contributed by atoms with Crippen LogP contribution in [0.4, 0.5) is 0 Å². The van der Waals surface area contributed by atoms with Crippen molar-refractivity contribution >= 4 is 11.8 Å². The Morgan fingerprint density at radius 1 is 1.12 bits per heavy atom. The minimum atomic E-state index is -0.0426. The number of hydrogen-bond acceptors (Lipinski definition) is 4. The molecule has 0 atom stereocenters. The molecule has 0 radical (unpaired) electrons. The van der Waals surface area contributed by atoms with E-state index in [1.807, 2.05) is 23.1 Å². The fourth-order valence-corrected chi connectivity index (χ4v) is 2.90. The molecule has 1 aromatic carbocycles. The zero-order chi connectivity index (χ0) is 17.5. The van der Waals surface area contributed by atoms with Crippen molar-refractivity contribution in [1.29, 1.82) is 0 Å². The summed E-state index contributed by atoms with van der Waals surface area (Å²) in [4.78, 5) is 27.6. The van der Waals surface area contributed by atoms with Gasteiger partial charge in [0.2, 0.25) is 11.8 Å². The minimum Gasteiger partial charge on any atom is -0.493 e. The normalized spacial score (nSPS) is 13.7. The number of ether oxygens (including phenoxy) is 2. The topological polar surface area (TPSA) is 59.1 Å². The van der Waals surface area contributed by atoms with Crippen LogP contribution in [0.3, 0.4) is 0 Å². The molecular weight excluding hydrogens is 308 g/mol. The summed E-state index contributed by atoms with van der Waals surface area (Å²) in [6.07, 6.45) is 2.52. The van der Waals surface area contributed by atoms with E-state index in [0.717, 1.165) is 31.5 Å². The molecule has 2 rings (SSSR count). The zero-order valence-electron chi connectivity index (χ0n) is 14.7. The van der Waals surface area contributed by atoms with E-state index in [-0.39, 0.29) is 11.8 Å². The fraction of sp³-hybridized carbons (Fsp3) is 0.556. The van der Waals surface area contributed by atoms with Gasteiger partial charge in [-0.2, -0.15) is 0 Å². The zero-order valence-corrected chi connectivity index (χ0v) is 14.7. The van der Waals surface area contributed by atoms with Crippen LogP contribution in [0.2, 0.25) is 0 Å². The van der Waals surface area contributed by atoms with Gasteiger partial charge in [-0.3, -0.25) is 9.59 Å². The fourth-order valence-electron chi connectivity index (χ4n) is 2.90. The second kappa shape index (κ2) is 8.57. The molecule has 1 aliphatic rings. The number of carbonyl (C=O) groups is 2. The highest BCUT2D eigenvalue weighted by Gasteiger charge is 2.19. The highest BCUT2D eigenvalue weighted by molar-refractivity contribution is 5.78. The van der Waals surface area contributed by atoms with Crippen LogP contribution in [0.5, 0.6) is 11.5 Å². The van der Waals surface area contributed by atoms with E-state index >= 15 is 0 Å². The van der Waals surface area contributed by atoms with E-state index < -0.39 is 0 Å². The lowest BCUT2D eigenvalue weighted by atomic mass is 10.1. The predicted molar refractivity (Wildman–Crippen MR) is 91.1 cm³/mol. The molecule has 0 aromatic heterocycles. The van der Waals surface area contributed by atoms with Crippen LogP contribution < -0.4 is 9.47 Å². The van der Waals surface area contributed by atoms with E-state index in [1.165, 1.54) is 6.92 Å². The Morgan fingerprint density at radius 2 is 1.79 bits per heavy atom. The Balaban J connectivity index is 1.97. The number of methoxy groups -OCH3 is 2. The first-order chi connectivity index (χ1) is 11.5. The molecule has 0 spiro atoms. The number of amides is 2. The quantitative estimate of drug-likeness (QED) is 0.766. The van der Waals surface area contributed by atoms with Crippen LogP contribution in [0, 0.1) is 0 Å². The summed E-state index contributed by atoms with van der Waals surface area (Å²) in [7, 11) is 3.17. The van der Waals surface area contributed by atoms with Crippen molar-refractivity contribution in [1.82, 2.24) is 9.80 Å². The second-order valence-corrected chi connectivity index (χ2v) is 5.97. The molecule has 2 amide bonds. The average molecular weight is 334 g/mol. The summed E-state index contributed by atoms with van der Waals surface area (Å²) in [6, 6.07) is 5.58. The molecule has 1 heterocycles. The lowest BCUT2D eigenvalue weighted by Crippen LogP contribution is -2.34. The van der Waals surface area contributed by atoms with E-state index in [4.69, 9.17) is 9.47 Å². The van der Waals surface area contributed by atoms with Crippen LogP contribution in [-0.4, -0.2) is 55.5 Å². The van der Waals surface area contributed by atoms with Crippen molar-refractivity contribution in [2.24, 2.45) is 0 Å². The average Bonchev–Trinajstić information content (AvgIpc) is 3.12. The molecule has 1 saturated heterocycles. The van der Waals surface area contributed by atoms with Crippen LogP contribution in [0.1, 0.15) is 31.7 Å². The molecule has 6 nitrogen and oxygen atoms in total. The highest BCUT2D eigenvalue weighted by atomic mass is 16.5. The molecular formula is C18H26N2O4. The molecule has 6 heteroatoms. The second-order valence-electron chi connectivity index (χ2n) is 5.97. The van der Waals surface area contributed by atoms with Gasteiger partial charge in [0.15, 0.2) is 11.5 Å². The third-order valence-corrected chi connectivity index (χ3v) is 4.32. The number of benzene rings is 1.